The Balaban J connectivity index is 2.39. The van der Waals surface area contributed by atoms with Gasteiger partial charge in [0, 0.05) is 18.7 Å². The van der Waals surface area contributed by atoms with Crippen LogP contribution in [0, 0.1) is 5.92 Å². The van der Waals surface area contributed by atoms with Gasteiger partial charge in [-0.3, -0.25) is 0 Å². The Kier molecular flexibility index (Phi) is 5.49. The molecule has 2 N–H and O–H groups in total. The van der Waals surface area contributed by atoms with Gasteiger partial charge in [-0.15, -0.1) is 0 Å². The molecule has 0 aliphatic heterocycles. The van der Waals surface area contributed by atoms with Gasteiger partial charge in [0.2, 0.25) is 0 Å². The highest BCUT2D eigenvalue weighted by atomic mass is 16.3. The number of rotatable bonds is 5. The highest BCUT2D eigenvalue weighted by molar-refractivity contribution is 4.82. The molecule has 1 aliphatic rings. The van der Waals surface area contributed by atoms with E-state index < -0.39 is 0 Å². The summed E-state index contributed by atoms with van der Waals surface area (Å²) >= 11 is 0. The van der Waals surface area contributed by atoms with Gasteiger partial charge in [0.25, 0.3) is 0 Å². The van der Waals surface area contributed by atoms with Crippen LogP contribution >= 0.6 is 0 Å². The van der Waals surface area contributed by atoms with Crippen LogP contribution in [0.2, 0.25) is 0 Å². The third-order valence-corrected chi connectivity index (χ3v) is 3.58. The predicted octanol–water partition coefficient (Wildman–Crippen LogP) is 2.32. The first-order chi connectivity index (χ1) is 6.81. The van der Waals surface area contributed by atoms with Crippen LogP contribution in [0.25, 0.3) is 0 Å². The van der Waals surface area contributed by atoms with Crippen molar-refractivity contribution in [2.75, 3.05) is 6.61 Å². The quantitative estimate of drug-likeness (QED) is 0.712. The molecular formula is C12H25NO. The van der Waals surface area contributed by atoms with Crippen LogP contribution in [-0.2, 0) is 0 Å². The third-order valence-electron chi connectivity index (χ3n) is 3.58. The van der Waals surface area contributed by atoms with Crippen LogP contribution in [0.1, 0.15) is 52.4 Å². The van der Waals surface area contributed by atoms with Gasteiger partial charge in [-0.2, -0.15) is 0 Å². The fourth-order valence-corrected chi connectivity index (χ4v) is 2.47. The molecular weight excluding hydrogens is 174 g/mol. The van der Waals surface area contributed by atoms with Gasteiger partial charge in [-0.05, 0) is 31.6 Å². The molecule has 1 aliphatic carbocycles. The van der Waals surface area contributed by atoms with Crippen molar-refractivity contribution in [3.05, 3.63) is 0 Å². The van der Waals surface area contributed by atoms with Crippen molar-refractivity contribution in [1.29, 1.82) is 0 Å². The molecule has 2 heteroatoms. The van der Waals surface area contributed by atoms with Gasteiger partial charge < -0.3 is 10.4 Å². The van der Waals surface area contributed by atoms with E-state index >= 15 is 0 Å². The average Bonchev–Trinajstić information content (AvgIpc) is 2.26. The van der Waals surface area contributed by atoms with Gasteiger partial charge in [-0.1, -0.05) is 26.7 Å². The van der Waals surface area contributed by atoms with E-state index in [9.17, 15) is 5.11 Å². The van der Waals surface area contributed by atoms with Gasteiger partial charge in [0.1, 0.15) is 0 Å². The van der Waals surface area contributed by atoms with Crippen LogP contribution in [-0.4, -0.2) is 23.8 Å². The minimum atomic E-state index is 0.359. The van der Waals surface area contributed by atoms with E-state index in [4.69, 9.17) is 0 Å². The average molecular weight is 199 g/mol. The van der Waals surface area contributed by atoms with Crippen LogP contribution in [0.15, 0.2) is 0 Å². The van der Waals surface area contributed by atoms with Crippen molar-refractivity contribution in [1.82, 2.24) is 5.32 Å². The van der Waals surface area contributed by atoms with E-state index in [1.807, 2.05) is 0 Å². The topological polar surface area (TPSA) is 32.3 Å². The maximum Gasteiger partial charge on any atom is 0.0474 e. The fourth-order valence-electron chi connectivity index (χ4n) is 2.47. The molecule has 0 amide bonds. The summed E-state index contributed by atoms with van der Waals surface area (Å²) in [6.45, 7) is 4.83. The Morgan fingerprint density at radius 3 is 2.43 bits per heavy atom. The van der Waals surface area contributed by atoms with Crippen molar-refractivity contribution in [3.8, 4) is 0 Å². The molecule has 0 heterocycles. The highest BCUT2D eigenvalue weighted by Crippen LogP contribution is 2.24. The van der Waals surface area contributed by atoms with Gasteiger partial charge in [0.05, 0.1) is 0 Å². The molecule has 0 bridgehead atoms. The zero-order chi connectivity index (χ0) is 10.4. The minimum Gasteiger partial charge on any atom is -0.396 e. The Morgan fingerprint density at radius 1 is 1.21 bits per heavy atom. The highest BCUT2D eigenvalue weighted by Gasteiger charge is 2.25. The lowest BCUT2D eigenvalue weighted by Gasteiger charge is -2.33. The van der Waals surface area contributed by atoms with Gasteiger partial charge in [0.15, 0.2) is 0 Å². The maximum absolute atomic E-state index is 9.28. The molecule has 0 aromatic carbocycles. The normalized spacial score (nSPS) is 28.3. The first-order valence-corrected chi connectivity index (χ1v) is 6.18. The number of hydrogen-bond acceptors (Lipinski definition) is 2. The number of hydrogen-bond donors (Lipinski definition) is 2. The molecule has 1 rings (SSSR count). The Morgan fingerprint density at radius 2 is 1.86 bits per heavy atom. The van der Waals surface area contributed by atoms with Crippen molar-refractivity contribution >= 4 is 0 Å². The Hall–Kier alpha value is -0.0800. The standard InChI is InChI=1S/C12H25NO/c1-3-11(4-2)13-12-8-6-5-7-10(12)9-14/h10-14H,3-9H2,1-2H3. The monoisotopic (exact) mass is 199 g/mol. The lowest BCUT2D eigenvalue weighted by molar-refractivity contribution is 0.144. The van der Waals surface area contributed by atoms with E-state index in [1.165, 1.54) is 38.5 Å². The van der Waals surface area contributed by atoms with Crippen LogP contribution in [0.5, 0.6) is 0 Å². The van der Waals surface area contributed by atoms with Crippen LogP contribution in [0.3, 0.4) is 0 Å². The van der Waals surface area contributed by atoms with Crippen molar-refractivity contribution in [2.24, 2.45) is 5.92 Å². The fraction of sp³-hybridized carbons (Fsp3) is 1.00. The van der Waals surface area contributed by atoms with E-state index in [0.717, 1.165) is 0 Å². The van der Waals surface area contributed by atoms with Crippen LogP contribution < -0.4 is 5.32 Å². The zero-order valence-electron chi connectivity index (χ0n) is 9.63. The van der Waals surface area contributed by atoms with Crippen molar-refractivity contribution < 1.29 is 5.11 Å². The van der Waals surface area contributed by atoms with E-state index in [-0.39, 0.29) is 0 Å². The summed E-state index contributed by atoms with van der Waals surface area (Å²) in [4.78, 5) is 0. The molecule has 0 spiro atoms. The third kappa shape index (κ3) is 3.25. The molecule has 14 heavy (non-hydrogen) atoms. The molecule has 2 nitrogen and oxygen atoms in total. The molecule has 1 fully saturated rings. The summed E-state index contributed by atoms with van der Waals surface area (Å²) in [7, 11) is 0. The van der Waals surface area contributed by atoms with Crippen molar-refractivity contribution in [2.45, 2.75) is 64.5 Å². The Bertz CT molecular complexity index is 145. The molecule has 84 valence electrons. The second kappa shape index (κ2) is 6.41. The molecule has 0 aromatic heterocycles. The molecule has 0 radical (unpaired) electrons. The molecule has 1 saturated carbocycles. The number of aliphatic hydroxyl groups excluding tert-OH is 1. The summed E-state index contributed by atoms with van der Waals surface area (Å²) < 4.78 is 0. The van der Waals surface area contributed by atoms with E-state index in [1.54, 1.807) is 0 Å². The minimum absolute atomic E-state index is 0.359. The largest absolute Gasteiger partial charge is 0.396 e. The molecule has 2 unspecified atom stereocenters. The lowest BCUT2D eigenvalue weighted by atomic mass is 9.84. The second-order valence-electron chi connectivity index (χ2n) is 4.51. The summed E-state index contributed by atoms with van der Waals surface area (Å²) in [5.74, 6) is 0.504. The smallest absolute Gasteiger partial charge is 0.0474 e. The summed E-state index contributed by atoms with van der Waals surface area (Å²) in [5.41, 5.74) is 0. The van der Waals surface area contributed by atoms with E-state index in [0.29, 0.717) is 24.6 Å². The van der Waals surface area contributed by atoms with E-state index in [2.05, 4.69) is 19.2 Å². The van der Waals surface area contributed by atoms with Crippen molar-refractivity contribution in [3.63, 3.8) is 0 Å². The molecule has 0 aromatic rings. The lowest BCUT2D eigenvalue weighted by Crippen LogP contribution is -2.45. The first-order valence-electron chi connectivity index (χ1n) is 6.18. The summed E-state index contributed by atoms with van der Waals surface area (Å²) in [6.07, 6.45) is 7.48. The van der Waals surface area contributed by atoms with Gasteiger partial charge >= 0.3 is 0 Å². The maximum atomic E-state index is 9.28. The predicted molar refractivity (Wildman–Crippen MR) is 60.3 cm³/mol. The zero-order valence-corrected chi connectivity index (χ0v) is 9.63. The van der Waals surface area contributed by atoms with Gasteiger partial charge in [-0.25, -0.2) is 0 Å². The summed E-state index contributed by atoms with van der Waals surface area (Å²) in [6, 6.07) is 1.21. The Labute approximate surface area is 88.1 Å². The molecule has 2 atom stereocenters. The summed E-state index contributed by atoms with van der Waals surface area (Å²) in [5, 5.41) is 13.0. The van der Waals surface area contributed by atoms with Crippen LogP contribution in [0.4, 0.5) is 0 Å². The SMILES string of the molecule is CCC(CC)NC1CCCCC1CO. The number of nitrogens with one attached hydrogen (secondary N) is 1. The molecule has 0 saturated heterocycles. The second-order valence-corrected chi connectivity index (χ2v) is 4.51. The number of aliphatic hydroxyl groups is 1. The first kappa shape index (κ1) is 12.0.